The molecular weight excluding hydrogens is 727 g/mol. The standard InChI is InChI=1S/C30H33NO15.C2HF3O2/c1-13(32)42-23(24(43-14(2)33)28(39)45-18(26(36)37)12-20(34)35)27(38)44-17-7-8-30(40)19-11-15-5-6-16(41-4)22-21(15)29(30,25(17)46-22)9-10-31(19)3;3-2(4,5)1(6)7/h5-7,18-19,23-25,40H,8-12H2,1-4H3,(H,34,35)(H,36,37);(H,6,7)/t18-,19+,23+,24+,25-,29-,30+;/m0./s1. The van der Waals surface area contributed by atoms with Gasteiger partial charge in [0.2, 0.25) is 18.3 Å². The molecule has 2 aliphatic carbocycles. The second kappa shape index (κ2) is 14.9. The van der Waals surface area contributed by atoms with E-state index in [0.717, 1.165) is 25.0 Å². The lowest BCUT2D eigenvalue weighted by molar-refractivity contribution is -0.195. The predicted molar refractivity (Wildman–Crippen MR) is 162 cm³/mol. The van der Waals surface area contributed by atoms with Crippen LogP contribution in [-0.2, 0) is 64.3 Å². The molecule has 0 radical (unpaired) electrons. The van der Waals surface area contributed by atoms with Crippen molar-refractivity contribution in [2.75, 3.05) is 20.7 Å². The molecule has 1 fully saturated rings. The number of likely N-dealkylation sites (N-methyl/N-ethyl adjacent to an activating group) is 1. The molecule has 4 N–H and O–H groups in total. The number of carboxylic acid groups (broad SMARTS) is 3. The molecule has 2 heterocycles. The fourth-order valence-electron chi connectivity index (χ4n) is 7.13. The third kappa shape index (κ3) is 7.56. The number of halogens is 3. The Hall–Kier alpha value is -5.44. The highest BCUT2D eigenvalue weighted by Gasteiger charge is 2.72. The monoisotopic (exact) mass is 761 g/mol. The maximum absolute atomic E-state index is 13.7. The van der Waals surface area contributed by atoms with Gasteiger partial charge in [0, 0.05) is 31.9 Å². The van der Waals surface area contributed by atoms with Crippen molar-refractivity contribution < 1.29 is 95.6 Å². The zero-order chi connectivity index (χ0) is 39.8. The molecule has 7 atom stereocenters. The van der Waals surface area contributed by atoms with Crippen LogP contribution in [0.4, 0.5) is 13.2 Å². The quantitative estimate of drug-likeness (QED) is 0.177. The molecule has 2 aliphatic heterocycles. The molecule has 290 valence electrons. The van der Waals surface area contributed by atoms with Gasteiger partial charge in [0.25, 0.3) is 0 Å². The van der Waals surface area contributed by atoms with Crippen LogP contribution in [0.1, 0.15) is 44.2 Å². The van der Waals surface area contributed by atoms with E-state index >= 15 is 0 Å². The first-order chi connectivity index (χ1) is 24.6. The van der Waals surface area contributed by atoms with E-state index in [4.69, 9.17) is 43.4 Å². The summed E-state index contributed by atoms with van der Waals surface area (Å²) < 4.78 is 64.1. The van der Waals surface area contributed by atoms with Crippen molar-refractivity contribution in [2.45, 2.75) is 87.2 Å². The molecule has 0 amide bonds. The van der Waals surface area contributed by atoms with E-state index in [1.165, 1.54) is 13.2 Å². The van der Waals surface area contributed by atoms with Crippen molar-refractivity contribution >= 4 is 41.8 Å². The average molecular weight is 762 g/mol. The summed E-state index contributed by atoms with van der Waals surface area (Å²) in [5.41, 5.74) is -0.762. The molecular formula is C32H34F3NO17. The SMILES string of the molecule is COc1ccc2c3c1O[C@H]1C(OC(=O)[C@H](OC(C)=O)[C@@H](OC(C)=O)C(=O)O[C@@H](CC(=O)O)C(=O)O)=CC[C@@]4(O)[C@@H](C2)N(C)CC[C@]314.O=C(O)C(F)(F)F. The molecule has 1 aromatic carbocycles. The van der Waals surface area contributed by atoms with E-state index in [-0.39, 0.29) is 18.2 Å². The highest BCUT2D eigenvalue weighted by atomic mass is 19.4. The van der Waals surface area contributed by atoms with Gasteiger partial charge in [-0.1, -0.05) is 6.07 Å². The number of rotatable bonds is 11. The molecule has 2 bridgehead atoms. The summed E-state index contributed by atoms with van der Waals surface area (Å²) in [4.78, 5) is 84.4. The van der Waals surface area contributed by atoms with Crippen LogP contribution in [0.15, 0.2) is 24.0 Å². The van der Waals surface area contributed by atoms with Gasteiger partial charge < -0.3 is 53.7 Å². The Morgan fingerprint density at radius 2 is 1.57 bits per heavy atom. The first-order valence-corrected chi connectivity index (χ1v) is 15.6. The normalized spacial score (nSPS) is 25.2. The van der Waals surface area contributed by atoms with Crippen LogP contribution in [0.2, 0.25) is 0 Å². The molecule has 1 saturated heterocycles. The molecule has 18 nitrogen and oxygen atoms in total. The summed E-state index contributed by atoms with van der Waals surface area (Å²) in [6.07, 6.45) is -11.8. The van der Waals surface area contributed by atoms with Crippen molar-refractivity contribution in [2.24, 2.45) is 0 Å². The van der Waals surface area contributed by atoms with Gasteiger partial charge in [-0.05, 0) is 44.1 Å². The van der Waals surface area contributed by atoms with Crippen LogP contribution >= 0.6 is 0 Å². The van der Waals surface area contributed by atoms with Crippen LogP contribution < -0.4 is 9.47 Å². The fourth-order valence-corrected chi connectivity index (χ4v) is 7.13. The van der Waals surface area contributed by atoms with Crippen LogP contribution in [-0.4, -0.2) is 130 Å². The molecule has 0 unspecified atom stereocenters. The van der Waals surface area contributed by atoms with E-state index in [2.05, 4.69) is 4.90 Å². The summed E-state index contributed by atoms with van der Waals surface area (Å²) in [7, 11) is 3.38. The van der Waals surface area contributed by atoms with Gasteiger partial charge in [-0.3, -0.25) is 14.4 Å². The van der Waals surface area contributed by atoms with Crippen molar-refractivity contribution in [3.8, 4) is 11.5 Å². The molecule has 4 aliphatic rings. The minimum absolute atomic E-state index is 0.0314. The van der Waals surface area contributed by atoms with E-state index < -0.39 is 89.8 Å². The summed E-state index contributed by atoms with van der Waals surface area (Å²) >= 11 is 0. The molecule has 53 heavy (non-hydrogen) atoms. The smallest absolute Gasteiger partial charge is 0.490 e. The Bertz CT molecular complexity index is 1740. The number of benzene rings is 1. The zero-order valence-corrected chi connectivity index (χ0v) is 28.3. The maximum atomic E-state index is 13.7. The van der Waals surface area contributed by atoms with Crippen LogP contribution in [0, 0.1) is 0 Å². The Balaban J connectivity index is 0.000000815. The number of ether oxygens (including phenoxy) is 6. The van der Waals surface area contributed by atoms with Crippen molar-refractivity contribution in [1.82, 2.24) is 4.90 Å². The number of hydrogen-bond donors (Lipinski definition) is 4. The molecule has 5 rings (SSSR count). The van der Waals surface area contributed by atoms with Gasteiger partial charge >= 0.3 is 48.0 Å². The number of carbonyl (C=O) groups is 7. The van der Waals surface area contributed by atoms with E-state index in [9.17, 15) is 52.2 Å². The third-order valence-electron chi connectivity index (χ3n) is 9.24. The lowest BCUT2D eigenvalue weighted by atomic mass is 9.50. The highest BCUT2D eigenvalue weighted by Crippen LogP contribution is 2.65. The van der Waals surface area contributed by atoms with Crippen LogP contribution in [0.25, 0.3) is 0 Å². The number of likely N-dealkylation sites (tertiary alicyclic amines) is 1. The average Bonchev–Trinajstić information content (AvgIpc) is 3.40. The minimum Gasteiger partial charge on any atom is -0.493 e. The Morgan fingerprint density at radius 3 is 2.08 bits per heavy atom. The van der Waals surface area contributed by atoms with Gasteiger partial charge in [-0.2, -0.15) is 13.2 Å². The van der Waals surface area contributed by atoms with Gasteiger partial charge in [-0.15, -0.1) is 0 Å². The molecule has 1 spiro atoms. The second-order valence-electron chi connectivity index (χ2n) is 12.4. The first-order valence-electron chi connectivity index (χ1n) is 15.6. The van der Waals surface area contributed by atoms with Crippen LogP contribution in [0.5, 0.6) is 11.5 Å². The van der Waals surface area contributed by atoms with Crippen molar-refractivity contribution in [1.29, 1.82) is 0 Å². The van der Waals surface area contributed by atoms with E-state index in [1.54, 1.807) is 6.07 Å². The number of methoxy groups -OCH3 is 1. The number of aliphatic hydroxyl groups is 1. The van der Waals surface area contributed by atoms with E-state index in [0.29, 0.717) is 30.9 Å². The molecule has 1 aromatic rings. The Labute approximate surface area is 296 Å². The summed E-state index contributed by atoms with van der Waals surface area (Å²) in [5, 5.41) is 37.8. The van der Waals surface area contributed by atoms with Gasteiger partial charge in [0.05, 0.1) is 24.5 Å². The Kier molecular flexibility index (Phi) is 11.3. The molecule has 21 heteroatoms. The first kappa shape index (κ1) is 40.3. The number of alkyl halides is 3. The maximum Gasteiger partial charge on any atom is 0.490 e. The van der Waals surface area contributed by atoms with Gasteiger partial charge in [0.15, 0.2) is 17.6 Å². The number of esters is 4. The number of piperidine rings is 1. The number of aliphatic carboxylic acids is 3. The largest absolute Gasteiger partial charge is 0.493 e. The fraction of sp³-hybridized carbons (Fsp3) is 0.531. The zero-order valence-electron chi connectivity index (χ0n) is 28.3. The van der Waals surface area contributed by atoms with Gasteiger partial charge in [0.1, 0.15) is 5.76 Å². The minimum atomic E-state index is -5.08. The topological polar surface area (TPSA) is 259 Å². The summed E-state index contributed by atoms with van der Waals surface area (Å²) in [6, 6.07) is 3.35. The van der Waals surface area contributed by atoms with E-state index in [1.807, 2.05) is 13.1 Å². The summed E-state index contributed by atoms with van der Waals surface area (Å²) in [6.45, 7) is 2.33. The van der Waals surface area contributed by atoms with Crippen molar-refractivity contribution in [3.63, 3.8) is 0 Å². The number of carbonyl (C=O) groups excluding carboxylic acids is 4. The third-order valence-corrected chi connectivity index (χ3v) is 9.24. The lowest BCUT2D eigenvalue weighted by Gasteiger charge is -2.61. The number of nitrogens with zero attached hydrogens (tertiary/aromatic N) is 1. The number of hydrogen-bond acceptors (Lipinski definition) is 15. The summed E-state index contributed by atoms with van der Waals surface area (Å²) in [5.74, 6) is -10.9. The molecule has 0 aromatic heterocycles. The number of carboxylic acids is 3. The second-order valence-corrected chi connectivity index (χ2v) is 12.4. The van der Waals surface area contributed by atoms with Crippen LogP contribution in [0.3, 0.4) is 0 Å². The van der Waals surface area contributed by atoms with Crippen molar-refractivity contribution in [3.05, 3.63) is 35.1 Å². The Morgan fingerprint density at radius 1 is 0.981 bits per heavy atom. The predicted octanol–water partition coefficient (Wildman–Crippen LogP) is 0.484. The lowest BCUT2D eigenvalue weighted by Crippen LogP contribution is -2.74. The molecule has 0 saturated carbocycles. The van der Waals surface area contributed by atoms with Gasteiger partial charge in [-0.25, -0.2) is 19.2 Å². The highest BCUT2D eigenvalue weighted by molar-refractivity contribution is 5.91.